The summed E-state index contributed by atoms with van der Waals surface area (Å²) in [7, 11) is 0. The predicted molar refractivity (Wildman–Crippen MR) is 106 cm³/mol. The average molecular weight is 421 g/mol. The van der Waals surface area contributed by atoms with Crippen LogP contribution in [0, 0.1) is 27.7 Å². The Morgan fingerprint density at radius 3 is 2.36 bits per heavy atom. The van der Waals surface area contributed by atoms with Crippen LogP contribution in [0.2, 0.25) is 0 Å². The van der Waals surface area contributed by atoms with Gasteiger partial charge in [0, 0.05) is 14.9 Å². The summed E-state index contributed by atoms with van der Waals surface area (Å²) in [6.07, 6.45) is 0. The molecular weight excluding hydrogens is 400 g/mol. The van der Waals surface area contributed by atoms with Crippen molar-refractivity contribution in [3.05, 3.63) is 62.6 Å². The molecule has 25 heavy (non-hydrogen) atoms. The van der Waals surface area contributed by atoms with E-state index in [4.69, 9.17) is 4.74 Å². The van der Waals surface area contributed by atoms with E-state index in [9.17, 15) is 9.59 Å². The van der Waals surface area contributed by atoms with Crippen LogP contribution in [0.4, 0.5) is 0 Å². The number of esters is 1. The quantitative estimate of drug-likeness (QED) is 0.365. The molecule has 2 aromatic carbocycles. The van der Waals surface area contributed by atoms with Gasteiger partial charge in [0.1, 0.15) is 0 Å². The Labute approximate surface area is 161 Å². The number of ether oxygens (including phenoxy) is 1. The van der Waals surface area contributed by atoms with Crippen LogP contribution in [0.25, 0.3) is 0 Å². The second-order valence-corrected chi connectivity index (χ2v) is 7.91. The van der Waals surface area contributed by atoms with Crippen LogP contribution in [0.1, 0.15) is 32.6 Å². The molecule has 3 nitrogen and oxygen atoms in total. The topological polar surface area (TPSA) is 43.4 Å². The first-order chi connectivity index (χ1) is 11.8. The van der Waals surface area contributed by atoms with Gasteiger partial charge in [-0.3, -0.25) is 9.59 Å². The molecule has 0 aromatic heterocycles. The number of thioether (sulfide) groups is 1. The highest BCUT2D eigenvalue weighted by atomic mass is 79.9. The molecule has 0 saturated carbocycles. The van der Waals surface area contributed by atoms with E-state index in [2.05, 4.69) is 15.9 Å². The Bertz CT molecular complexity index is 815. The first kappa shape index (κ1) is 19.7. The third-order valence-electron chi connectivity index (χ3n) is 3.99. The average Bonchev–Trinajstić information content (AvgIpc) is 2.57. The molecule has 0 heterocycles. The maximum Gasteiger partial charge on any atom is 0.316 e. The highest BCUT2D eigenvalue weighted by Gasteiger charge is 2.12. The molecule has 0 saturated heterocycles. The molecule has 0 aliphatic carbocycles. The lowest BCUT2D eigenvalue weighted by atomic mass is 10.0. The Hall–Kier alpha value is -1.59. The van der Waals surface area contributed by atoms with Gasteiger partial charge in [0.2, 0.25) is 0 Å². The number of ketones is 1. The summed E-state index contributed by atoms with van der Waals surface area (Å²) in [5, 5.41) is 0. The zero-order valence-electron chi connectivity index (χ0n) is 14.8. The minimum absolute atomic E-state index is 0.183. The molecule has 5 heteroatoms. The zero-order valence-corrected chi connectivity index (χ0v) is 17.2. The van der Waals surface area contributed by atoms with E-state index < -0.39 is 0 Å². The highest BCUT2D eigenvalue weighted by Crippen LogP contribution is 2.28. The fourth-order valence-electron chi connectivity index (χ4n) is 2.23. The molecule has 0 bridgehead atoms. The van der Waals surface area contributed by atoms with Gasteiger partial charge < -0.3 is 4.74 Å². The summed E-state index contributed by atoms with van der Waals surface area (Å²) in [4.78, 5) is 25.1. The van der Waals surface area contributed by atoms with Gasteiger partial charge in [-0.05, 0) is 68.1 Å². The number of hydrogen-bond acceptors (Lipinski definition) is 4. The number of Topliss-reactive ketones (excluding diaryl/α,β-unsaturated/α-hetero) is 1. The minimum Gasteiger partial charge on any atom is -0.457 e. The second-order valence-electron chi connectivity index (χ2n) is 6.04. The van der Waals surface area contributed by atoms with Crippen molar-refractivity contribution in [2.45, 2.75) is 32.6 Å². The van der Waals surface area contributed by atoms with Crippen molar-refractivity contribution in [2.24, 2.45) is 0 Å². The van der Waals surface area contributed by atoms with Gasteiger partial charge in [-0.25, -0.2) is 0 Å². The summed E-state index contributed by atoms with van der Waals surface area (Å²) in [5.41, 5.74) is 4.97. The predicted octanol–water partition coefficient (Wildman–Crippen LogP) is 5.20. The van der Waals surface area contributed by atoms with Gasteiger partial charge in [0.15, 0.2) is 12.4 Å². The molecule has 132 valence electrons. The number of hydrogen-bond donors (Lipinski definition) is 0. The summed E-state index contributed by atoms with van der Waals surface area (Å²) in [6.45, 7) is 7.74. The number of carbonyl (C=O) groups excluding carboxylic acids is 2. The van der Waals surface area contributed by atoms with Crippen LogP contribution in [-0.4, -0.2) is 24.1 Å². The first-order valence-corrected chi connectivity index (χ1v) is 9.71. The Morgan fingerprint density at radius 1 is 0.960 bits per heavy atom. The largest absolute Gasteiger partial charge is 0.457 e. The molecule has 0 N–H and O–H groups in total. The van der Waals surface area contributed by atoms with E-state index in [0.29, 0.717) is 5.56 Å². The fraction of sp³-hybridized carbons (Fsp3) is 0.300. The van der Waals surface area contributed by atoms with Crippen molar-refractivity contribution in [1.29, 1.82) is 0 Å². The van der Waals surface area contributed by atoms with Gasteiger partial charge in [0.05, 0.1) is 5.75 Å². The van der Waals surface area contributed by atoms with Crippen LogP contribution in [0.3, 0.4) is 0 Å². The van der Waals surface area contributed by atoms with Crippen molar-refractivity contribution in [2.75, 3.05) is 12.4 Å². The molecule has 0 atom stereocenters. The van der Waals surface area contributed by atoms with Crippen LogP contribution >= 0.6 is 27.7 Å². The Morgan fingerprint density at radius 2 is 1.68 bits per heavy atom. The lowest BCUT2D eigenvalue weighted by molar-refractivity contribution is -0.139. The SMILES string of the molecule is Cc1ccc(C(=O)COC(=O)CSc2cc(C)c(Br)cc2C)cc1C. The van der Waals surface area contributed by atoms with E-state index in [0.717, 1.165) is 31.6 Å². The maximum absolute atomic E-state index is 12.1. The van der Waals surface area contributed by atoms with Crippen LogP contribution in [0.5, 0.6) is 0 Å². The van der Waals surface area contributed by atoms with Crippen LogP contribution in [-0.2, 0) is 9.53 Å². The van der Waals surface area contributed by atoms with Gasteiger partial charge in [0.25, 0.3) is 0 Å². The monoisotopic (exact) mass is 420 g/mol. The fourth-order valence-corrected chi connectivity index (χ4v) is 3.59. The van der Waals surface area contributed by atoms with Gasteiger partial charge in [-0.1, -0.05) is 28.1 Å². The number of benzene rings is 2. The molecule has 0 radical (unpaired) electrons. The summed E-state index contributed by atoms with van der Waals surface area (Å²) < 4.78 is 6.18. The Kier molecular flexibility index (Phi) is 6.85. The van der Waals surface area contributed by atoms with E-state index in [1.807, 2.05) is 52.0 Å². The van der Waals surface area contributed by atoms with E-state index in [-0.39, 0.29) is 24.1 Å². The van der Waals surface area contributed by atoms with Gasteiger partial charge >= 0.3 is 5.97 Å². The zero-order chi connectivity index (χ0) is 18.6. The summed E-state index contributed by atoms with van der Waals surface area (Å²) in [5.74, 6) is -0.387. The number of halogens is 1. The lowest BCUT2D eigenvalue weighted by Crippen LogP contribution is -2.15. The minimum atomic E-state index is -0.387. The number of aryl methyl sites for hydroxylation is 4. The number of rotatable bonds is 6. The molecule has 0 aliphatic rings. The Balaban J connectivity index is 1.87. The molecule has 0 spiro atoms. The molecule has 2 aromatic rings. The normalized spacial score (nSPS) is 10.6. The maximum atomic E-state index is 12.1. The molecule has 2 rings (SSSR count). The van der Waals surface area contributed by atoms with Crippen molar-refractivity contribution >= 4 is 39.4 Å². The summed E-state index contributed by atoms with van der Waals surface area (Å²) in [6, 6.07) is 9.57. The van der Waals surface area contributed by atoms with Crippen molar-refractivity contribution < 1.29 is 14.3 Å². The molecule has 0 aliphatic heterocycles. The van der Waals surface area contributed by atoms with Crippen molar-refractivity contribution in [3.63, 3.8) is 0 Å². The third kappa shape index (κ3) is 5.44. The molecule has 0 fully saturated rings. The van der Waals surface area contributed by atoms with Crippen LogP contribution < -0.4 is 0 Å². The van der Waals surface area contributed by atoms with Crippen molar-refractivity contribution in [1.82, 2.24) is 0 Å². The first-order valence-electron chi connectivity index (χ1n) is 7.93. The number of carbonyl (C=O) groups is 2. The van der Waals surface area contributed by atoms with E-state index in [1.165, 1.54) is 11.8 Å². The lowest BCUT2D eigenvalue weighted by Gasteiger charge is -2.09. The van der Waals surface area contributed by atoms with Gasteiger partial charge in [-0.2, -0.15) is 0 Å². The smallest absolute Gasteiger partial charge is 0.316 e. The van der Waals surface area contributed by atoms with Crippen molar-refractivity contribution in [3.8, 4) is 0 Å². The highest BCUT2D eigenvalue weighted by molar-refractivity contribution is 9.10. The molecule has 0 amide bonds. The van der Waals surface area contributed by atoms with E-state index in [1.54, 1.807) is 6.07 Å². The van der Waals surface area contributed by atoms with Gasteiger partial charge in [-0.15, -0.1) is 11.8 Å². The second kappa shape index (κ2) is 8.68. The van der Waals surface area contributed by atoms with Crippen LogP contribution in [0.15, 0.2) is 39.7 Å². The standard InChI is InChI=1S/C20H21BrO3S/c1-12-5-6-16(7-13(12)2)18(22)10-24-20(23)11-25-19-9-14(3)17(21)8-15(19)4/h5-9H,10-11H2,1-4H3. The van der Waals surface area contributed by atoms with E-state index >= 15 is 0 Å². The summed E-state index contributed by atoms with van der Waals surface area (Å²) >= 11 is 4.92. The molecular formula is C20H21BrO3S. The molecule has 0 unspecified atom stereocenters. The third-order valence-corrected chi connectivity index (χ3v) is 5.98.